The van der Waals surface area contributed by atoms with Crippen LogP contribution >= 0.6 is 0 Å². The first-order chi connectivity index (χ1) is 9.93. The predicted molar refractivity (Wildman–Crippen MR) is 76.7 cm³/mol. The molecule has 0 aromatic rings. The van der Waals surface area contributed by atoms with Crippen LogP contribution in [0.15, 0.2) is 0 Å². The number of hydrogen-bond donors (Lipinski definition) is 3. The molecule has 21 heavy (non-hydrogen) atoms. The summed E-state index contributed by atoms with van der Waals surface area (Å²) in [5, 5.41) is 2.93. The first kappa shape index (κ1) is 15.8. The molecule has 1 heterocycles. The second kappa shape index (κ2) is 6.01. The van der Waals surface area contributed by atoms with Crippen molar-refractivity contribution >= 4 is 17.8 Å². The molecule has 4 amide bonds. The number of urea groups is 1. The average Bonchev–Trinajstić information content (AvgIpc) is 2.70. The minimum atomic E-state index is -0.758. The molecule has 2 atom stereocenters. The van der Waals surface area contributed by atoms with Crippen molar-refractivity contribution < 1.29 is 14.4 Å². The quantitative estimate of drug-likeness (QED) is 0.304. The SMILES string of the molecule is CC1CCCC(C)C12NC(=O)N(CCCC(=O)NN)C2=O. The topological polar surface area (TPSA) is 105 Å². The zero-order valence-electron chi connectivity index (χ0n) is 12.6. The molecule has 1 spiro atoms. The first-order valence-corrected chi connectivity index (χ1v) is 7.57. The second-order valence-corrected chi connectivity index (χ2v) is 6.16. The molecule has 1 aliphatic heterocycles. The monoisotopic (exact) mass is 296 g/mol. The summed E-state index contributed by atoms with van der Waals surface area (Å²) in [7, 11) is 0. The summed E-state index contributed by atoms with van der Waals surface area (Å²) in [6.45, 7) is 4.30. The summed E-state index contributed by atoms with van der Waals surface area (Å²) in [4.78, 5) is 37.3. The van der Waals surface area contributed by atoms with E-state index in [0.717, 1.165) is 19.3 Å². The zero-order chi connectivity index (χ0) is 15.6. The molecular weight excluding hydrogens is 272 g/mol. The fourth-order valence-corrected chi connectivity index (χ4v) is 3.63. The summed E-state index contributed by atoms with van der Waals surface area (Å²) in [6, 6.07) is -0.339. The highest BCUT2D eigenvalue weighted by atomic mass is 16.2. The molecule has 0 bridgehead atoms. The van der Waals surface area contributed by atoms with E-state index in [1.807, 2.05) is 19.3 Å². The van der Waals surface area contributed by atoms with Gasteiger partial charge in [-0.3, -0.25) is 19.9 Å². The molecule has 7 nitrogen and oxygen atoms in total. The number of hydrogen-bond acceptors (Lipinski definition) is 4. The van der Waals surface area contributed by atoms with E-state index in [9.17, 15) is 14.4 Å². The summed E-state index contributed by atoms with van der Waals surface area (Å²) < 4.78 is 0. The minimum absolute atomic E-state index is 0.134. The van der Waals surface area contributed by atoms with Crippen molar-refractivity contribution in [2.45, 2.75) is 51.5 Å². The molecule has 1 saturated carbocycles. The molecule has 2 aliphatic rings. The molecular formula is C14H24N4O3. The Hall–Kier alpha value is -1.63. The number of imide groups is 1. The zero-order valence-corrected chi connectivity index (χ0v) is 12.6. The maximum atomic E-state index is 12.8. The maximum absolute atomic E-state index is 12.8. The minimum Gasteiger partial charge on any atom is -0.323 e. The standard InChI is InChI=1S/C14H24N4O3/c1-9-5-3-6-10(2)14(9)12(20)18(13(21)16-14)8-4-7-11(19)17-15/h9-10H,3-8,15H2,1-2H3,(H,16,21)(H,17,19). The van der Waals surface area contributed by atoms with Gasteiger partial charge < -0.3 is 5.32 Å². The van der Waals surface area contributed by atoms with Crippen LogP contribution in [0.1, 0.15) is 46.0 Å². The Balaban J connectivity index is 2.07. The summed E-state index contributed by atoms with van der Waals surface area (Å²) in [6.07, 6.45) is 3.59. The number of hydrazine groups is 1. The van der Waals surface area contributed by atoms with Gasteiger partial charge in [0.2, 0.25) is 5.91 Å². The van der Waals surface area contributed by atoms with Gasteiger partial charge in [0.1, 0.15) is 5.54 Å². The van der Waals surface area contributed by atoms with E-state index in [-0.39, 0.29) is 42.6 Å². The van der Waals surface area contributed by atoms with Crippen LogP contribution < -0.4 is 16.6 Å². The van der Waals surface area contributed by atoms with Gasteiger partial charge in [0.05, 0.1) is 0 Å². The number of nitrogens with one attached hydrogen (secondary N) is 2. The lowest BCUT2D eigenvalue weighted by Crippen LogP contribution is -2.58. The van der Waals surface area contributed by atoms with Gasteiger partial charge in [-0.15, -0.1) is 0 Å². The highest BCUT2D eigenvalue weighted by Crippen LogP contribution is 2.42. The van der Waals surface area contributed by atoms with Gasteiger partial charge in [0.15, 0.2) is 0 Å². The van der Waals surface area contributed by atoms with E-state index >= 15 is 0 Å². The lowest BCUT2D eigenvalue weighted by molar-refractivity contribution is -0.136. The van der Waals surface area contributed by atoms with Gasteiger partial charge in [-0.05, 0) is 31.1 Å². The predicted octanol–water partition coefficient (Wildman–Crippen LogP) is 0.503. The molecule has 0 aromatic heterocycles. The van der Waals surface area contributed by atoms with E-state index in [4.69, 9.17) is 5.84 Å². The molecule has 118 valence electrons. The Bertz CT molecular complexity index is 442. The third-order valence-electron chi connectivity index (χ3n) is 4.93. The molecule has 0 aromatic carbocycles. The molecule has 7 heteroatoms. The largest absolute Gasteiger partial charge is 0.325 e. The lowest BCUT2D eigenvalue weighted by atomic mass is 9.67. The Morgan fingerprint density at radius 1 is 1.38 bits per heavy atom. The van der Waals surface area contributed by atoms with Crippen molar-refractivity contribution in [2.24, 2.45) is 17.7 Å². The van der Waals surface area contributed by atoms with Gasteiger partial charge in [0.25, 0.3) is 5.91 Å². The van der Waals surface area contributed by atoms with Crippen LogP contribution in [-0.2, 0) is 9.59 Å². The van der Waals surface area contributed by atoms with Gasteiger partial charge in [0, 0.05) is 13.0 Å². The van der Waals surface area contributed by atoms with Gasteiger partial charge in [-0.1, -0.05) is 20.3 Å². The highest BCUT2D eigenvalue weighted by Gasteiger charge is 2.58. The molecule has 0 radical (unpaired) electrons. The first-order valence-electron chi connectivity index (χ1n) is 7.57. The fraction of sp³-hybridized carbons (Fsp3) is 0.786. The molecule has 4 N–H and O–H groups in total. The van der Waals surface area contributed by atoms with Crippen molar-refractivity contribution in [1.82, 2.24) is 15.6 Å². The van der Waals surface area contributed by atoms with Crippen molar-refractivity contribution in [3.05, 3.63) is 0 Å². The van der Waals surface area contributed by atoms with Crippen LogP contribution in [0.3, 0.4) is 0 Å². The third-order valence-corrected chi connectivity index (χ3v) is 4.93. The van der Waals surface area contributed by atoms with Crippen molar-refractivity contribution in [1.29, 1.82) is 0 Å². The van der Waals surface area contributed by atoms with Crippen LogP contribution in [0.5, 0.6) is 0 Å². The van der Waals surface area contributed by atoms with Crippen LogP contribution in [0, 0.1) is 11.8 Å². The normalized spacial score (nSPS) is 32.4. The molecule has 1 saturated heterocycles. The summed E-state index contributed by atoms with van der Waals surface area (Å²) in [5.74, 6) is 4.84. The lowest BCUT2D eigenvalue weighted by Gasteiger charge is -2.42. The van der Waals surface area contributed by atoms with Gasteiger partial charge >= 0.3 is 6.03 Å². The van der Waals surface area contributed by atoms with E-state index < -0.39 is 5.54 Å². The Morgan fingerprint density at radius 3 is 2.57 bits per heavy atom. The Morgan fingerprint density at radius 2 is 2.00 bits per heavy atom. The van der Waals surface area contributed by atoms with Gasteiger partial charge in [-0.2, -0.15) is 0 Å². The van der Waals surface area contributed by atoms with Crippen LogP contribution in [0.2, 0.25) is 0 Å². The summed E-state index contributed by atoms with van der Waals surface area (Å²) in [5.41, 5.74) is 1.28. The molecule has 2 unspecified atom stereocenters. The van der Waals surface area contributed by atoms with E-state index in [1.165, 1.54) is 4.90 Å². The average molecular weight is 296 g/mol. The number of amides is 4. The fourth-order valence-electron chi connectivity index (χ4n) is 3.63. The number of carbonyl (C=O) groups excluding carboxylic acids is 3. The molecule has 1 aliphatic carbocycles. The van der Waals surface area contributed by atoms with Crippen LogP contribution in [-0.4, -0.2) is 34.8 Å². The molecule has 2 fully saturated rings. The number of nitrogens with zero attached hydrogens (tertiary/aromatic N) is 1. The molecule has 2 rings (SSSR count). The highest BCUT2D eigenvalue weighted by molar-refractivity contribution is 6.07. The smallest absolute Gasteiger partial charge is 0.323 e. The van der Waals surface area contributed by atoms with Crippen LogP contribution in [0.4, 0.5) is 4.79 Å². The summed E-state index contributed by atoms with van der Waals surface area (Å²) >= 11 is 0. The van der Waals surface area contributed by atoms with E-state index in [0.29, 0.717) is 6.42 Å². The number of nitrogens with two attached hydrogens (primary N) is 1. The second-order valence-electron chi connectivity index (χ2n) is 6.16. The van der Waals surface area contributed by atoms with Crippen molar-refractivity contribution in [3.8, 4) is 0 Å². The van der Waals surface area contributed by atoms with Crippen molar-refractivity contribution in [3.63, 3.8) is 0 Å². The Kier molecular flexibility index (Phi) is 4.51. The third kappa shape index (κ3) is 2.62. The van der Waals surface area contributed by atoms with E-state index in [2.05, 4.69) is 5.32 Å². The number of carbonyl (C=O) groups is 3. The number of rotatable bonds is 4. The maximum Gasteiger partial charge on any atom is 0.325 e. The van der Waals surface area contributed by atoms with Gasteiger partial charge in [-0.25, -0.2) is 10.6 Å². The Labute approximate surface area is 124 Å². The van der Waals surface area contributed by atoms with Crippen LogP contribution in [0.25, 0.3) is 0 Å². The van der Waals surface area contributed by atoms with Crippen molar-refractivity contribution in [2.75, 3.05) is 6.54 Å². The van der Waals surface area contributed by atoms with E-state index in [1.54, 1.807) is 0 Å².